The van der Waals surface area contributed by atoms with E-state index in [1.807, 2.05) is 0 Å². The van der Waals surface area contributed by atoms with Gasteiger partial charge >= 0.3 is 0 Å². The Morgan fingerprint density at radius 2 is 1.76 bits per heavy atom. The molecule has 17 heavy (non-hydrogen) atoms. The van der Waals surface area contributed by atoms with Gasteiger partial charge in [0.1, 0.15) is 0 Å². The fourth-order valence-corrected chi connectivity index (χ4v) is 3.08. The minimum atomic E-state index is 0.195. The van der Waals surface area contributed by atoms with Crippen molar-refractivity contribution in [1.82, 2.24) is 5.32 Å². The fraction of sp³-hybridized carbons (Fsp3) is 1.00. The van der Waals surface area contributed by atoms with Crippen molar-refractivity contribution in [3.05, 3.63) is 0 Å². The van der Waals surface area contributed by atoms with Crippen molar-refractivity contribution in [2.24, 2.45) is 5.92 Å². The van der Waals surface area contributed by atoms with Crippen molar-refractivity contribution in [2.75, 3.05) is 6.54 Å². The van der Waals surface area contributed by atoms with E-state index in [9.17, 15) is 0 Å². The fourth-order valence-electron chi connectivity index (χ4n) is 3.08. The molecule has 1 N–H and O–H groups in total. The molecule has 98 valence electrons. The van der Waals surface area contributed by atoms with Crippen molar-refractivity contribution in [2.45, 2.75) is 82.5 Å². The summed E-state index contributed by atoms with van der Waals surface area (Å²) in [5.41, 5.74) is 0.195. The monoisotopic (exact) mass is 237 g/mol. The molecule has 0 aliphatic heterocycles. The van der Waals surface area contributed by atoms with E-state index < -0.39 is 0 Å². The van der Waals surface area contributed by atoms with Gasteiger partial charge in [0, 0.05) is 12.6 Å². The molecule has 0 aromatic heterocycles. The van der Waals surface area contributed by atoms with Crippen LogP contribution in [-0.2, 0) is 4.74 Å². The van der Waals surface area contributed by atoms with E-state index in [1.165, 1.54) is 57.8 Å². The first-order chi connectivity index (χ1) is 8.26. The van der Waals surface area contributed by atoms with Crippen molar-refractivity contribution in [3.63, 3.8) is 0 Å². The van der Waals surface area contributed by atoms with Crippen LogP contribution in [0.2, 0.25) is 0 Å². The lowest BCUT2D eigenvalue weighted by atomic mass is 9.78. The van der Waals surface area contributed by atoms with Crippen molar-refractivity contribution in [3.8, 4) is 0 Å². The summed E-state index contributed by atoms with van der Waals surface area (Å²) < 4.78 is 6.48. The first-order valence-electron chi connectivity index (χ1n) is 7.67. The van der Waals surface area contributed by atoms with Crippen molar-refractivity contribution >= 4 is 0 Å². The first-order valence-corrected chi connectivity index (χ1v) is 7.67. The lowest BCUT2D eigenvalue weighted by Crippen LogP contribution is -2.49. The highest BCUT2D eigenvalue weighted by Gasteiger charge is 2.39. The van der Waals surface area contributed by atoms with E-state index in [0.29, 0.717) is 6.10 Å². The van der Waals surface area contributed by atoms with E-state index >= 15 is 0 Å². The van der Waals surface area contributed by atoms with Crippen LogP contribution in [0.25, 0.3) is 0 Å². The molecule has 0 bridgehead atoms. The molecule has 2 heteroatoms. The van der Waals surface area contributed by atoms with Crippen LogP contribution in [0, 0.1) is 5.92 Å². The Morgan fingerprint density at radius 1 is 1.06 bits per heavy atom. The Bertz CT molecular complexity index is 250. The van der Waals surface area contributed by atoms with Gasteiger partial charge in [-0.25, -0.2) is 0 Å². The van der Waals surface area contributed by atoms with Gasteiger partial charge in [0.05, 0.1) is 11.7 Å². The number of hydrogen-bond acceptors (Lipinski definition) is 2. The number of rotatable bonds is 5. The van der Waals surface area contributed by atoms with Crippen LogP contribution in [0.1, 0.15) is 64.7 Å². The molecule has 3 aliphatic carbocycles. The van der Waals surface area contributed by atoms with E-state index in [0.717, 1.165) is 18.5 Å². The summed E-state index contributed by atoms with van der Waals surface area (Å²) in [4.78, 5) is 0. The molecule has 3 fully saturated rings. The average Bonchev–Trinajstić information content (AvgIpc) is 3.09. The zero-order valence-corrected chi connectivity index (χ0v) is 11.2. The predicted molar refractivity (Wildman–Crippen MR) is 70.1 cm³/mol. The third-order valence-electron chi connectivity index (χ3n) is 4.94. The second-order valence-corrected chi connectivity index (χ2v) is 6.69. The summed E-state index contributed by atoms with van der Waals surface area (Å²) in [6.45, 7) is 3.50. The molecule has 0 aromatic carbocycles. The molecule has 3 aliphatic rings. The summed E-state index contributed by atoms with van der Waals surface area (Å²) in [6.07, 6.45) is 12.6. The summed E-state index contributed by atoms with van der Waals surface area (Å²) in [7, 11) is 0. The molecular formula is C15H27NO. The topological polar surface area (TPSA) is 21.3 Å². The Kier molecular flexibility index (Phi) is 3.45. The van der Waals surface area contributed by atoms with Gasteiger partial charge in [0.2, 0.25) is 0 Å². The molecule has 0 heterocycles. The molecule has 0 aromatic rings. The number of hydrogen-bond donors (Lipinski definition) is 1. The Balaban J connectivity index is 1.56. The van der Waals surface area contributed by atoms with Crippen LogP contribution in [-0.4, -0.2) is 24.3 Å². The van der Waals surface area contributed by atoms with Gasteiger partial charge < -0.3 is 10.1 Å². The quantitative estimate of drug-likeness (QED) is 0.792. The molecule has 0 atom stereocenters. The maximum Gasteiger partial charge on any atom is 0.0810 e. The third kappa shape index (κ3) is 3.03. The second kappa shape index (κ2) is 4.89. The van der Waals surface area contributed by atoms with Crippen LogP contribution in [0.5, 0.6) is 0 Å². The highest BCUT2D eigenvalue weighted by Crippen LogP contribution is 2.38. The minimum absolute atomic E-state index is 0.195. The van der Waals surface area contributed by atoms with Crippen LogP contribution >= 0.6 is 0 Å². The van der Waals surface area contributed by atoms with Gasteiger partial charge in [-0.2, -0.15) is 0 Å². The van der Waals surface area contributed by atoms with E-state index in [1.54, 1.807) is 0 Å². The number of nitrogens with one attached hydrogen (secondary N) is 1. The smallest absolute Gasteiger partial charge is 0.0810 e. The highest BCUT2D eigenvalue weighted by molar-refractivity contribution is 4.93. The molecule has 3 rings (SSSR count). The summed E-state index contributed by atoms with van der Waals surface area (Å²) in [5, 5.41) is 3.71. The molecule has 0 unspecified atom stereocenters. The van der Waals surface area contributed by atoms with Gasteiger partial charge in [0.15, 0.2) is 0 Å². The Labute approximate surface area is 105 Å². The standard InChI is InChI=1S/C15H27NO/c1-12-7-9-15(10-8-12,11-16-13-5-6-13)17-14-3-2-4-14/h12-14,16H,2-11H2,1H3. The van der Waals surface area contributed by atoms with Crippen LogP contribution < -0.4 is 5.32 Å². The van der Waals surface area contributed by atoms with Gasteiger partial charge in [0.25, 0.3) is 0 Å². The summed E-state index contributed by atoms with van der Waals surface area (Å²) >= 11 is 0. The molecule has 0 spiro atoms. The molecule has 0 amide bonds. The summed E-state index contributed by atoms with van der Waals surface area (Å²) in [5.74, 6) is 0.911. The SMILES string of the molecule is CC1CCC(CNC2CC2)(OC2CCC2)CC1. The van der Waals surface area contributed by atoms with Gasteiger partial charge in [-0.15, -0.1) is 0 Å². The first kappa shape index (κ1) is 12.0. The lowest BCUT2D eigenvalue weighted by molar-refractivity contribution is -0.140. The highest BCUT2D eigenvalue weighted by atomic mass is 16.5. The molecule has 3 saturated carbocycles. The number of ether oxygens (including phenoxy) is 1. The minimum Gasteiger partial charge on any atom is -0.370 e. The largest absolute Gasteiger partial charge is 0.370 e. The van der Waals surface area contributed by atoms with Crippen molar-refractivity contribution < 1.29 is 4.74 Å². The van der Waals surface area contributed by atoms with E-state index in [4.69, 9.17) is 4.74 Å². The molecule has 0 radical (unpaired) electrons. The van der Waals surface area contributed by atoms with Gasteiger partial charge in [-0.1, -0.05) is 6.92 Å². The zero-order chi connectivity index (χ0) is 11.7. The van der Waals surface area contributed by atoms with Gasteiger partial charge in [-0.05, 0) is 63.7 Å². The normalized spacial score (nSPS) is 39.0. The molecule has 2 nitrogen and oxygen atoms in total. The van der Waals surface area contributed by atoms with Crippen LogP contribution in [0.3, 0.4) is 0 Å². The van der Waals surface area contributed by atoms with Gasteiger partial charge in [-0.3, -0.25) is 0 Å². The Morgan fingerprint density at radius 3 is 2.29 bits per heavy atom. The second-order valence-electron chi connectivity index (χ2n) is 6.69. The summed E-state index contributed by atoms with van der Waals surface area (Å²) in [6, 6.07) is 0.816. The van der Waals surface area contributed by atoms with E-state index in [2.05, 4.69) is 12.2 Å². The lowest BCUT2D eigenvalue weighted by Gasteiger charge is -2.44. The maximum absolute atomic E-state index is 6.48. The van der Waals surface area contributed by atoms with Crippen LogP contribution in [0.15, 0.2) is 0 Å². The van der Waals surface area contributed by atoms with Crippen molar-refractivity contribution in [1.29, 1.82) is 0 Å². The Hall–Kier alpha value is -0.0800. The third-order valence-corrected chi connectivity index (χ3v) is 4.94. The predicted octanol–water partition coefficient (Wildman–Crippen LogP) is 3.26. The average molecular weight is 237 g/mol. The molecular weight excluding hydrogens is 210 g/mol. The maximum atomic E-state index is 6.48. The molecule has 0 saturated heterocycles. The van der Waals surface area contributed by atoms with Crippen LogP contribution in [0.4, 0.5) is 0 Å². The zero-order valence-electron chi connectivity index (χ0n) is 11.2. The van der Waals surface area contributed by atoms with E-state index in [-0.39, 0.29) is 5.60 Å².